The van der Waals surface area contributed by atoms with Gasteiger partial charge in [-0.3, -0.25) is 0 Å². The molecule has 0 amide bonds. The second kappa shape index (κ2) is 5.99. The number of aryl methyl sites for hydroxylation is 1. The molecule has 0 fully saturated rings. The highest BCUT2D eigenvalue weighted by Gasteiger charge is 2.44. The molecule has 0 radical (unpaired) electrons. The predicted octanol–water partition coefficient (Wildman–Crippen LogP) is 3.65. The van der Waals surface area contributed by atoms with Crippen LogP contribution >= 0.6 is 0 Å². The summed E-state index contributed by atoms with van der Waals surface area (Å²) >= 11 is 0. The molecule has 0 saturated heterocycles. The molecule has 1 aromatic rings. The minimum Gasteiger partial charge on any atom is -0.459 e. The number of ether oxygens (including phenoxy) is 2. The Morgan fingerprint density at radius 3 is 2.53 bits per heavy atom. The maximum absolute atomic E-state index is 13.6. The van der Waals surface area contributed by atoms with E-state index in [1.165, 1.54) is 13.0 Å². The fraction of sp³-hybridized carbons (Fsp3) is 0.500. The van der Waals surface area contributed by atoms with Crippen molar-refractivity contribution >= 4 is 5.97 Å². The smallest absolute Gasteiger partial charge is 0.459 e. The van der Waals surface area contributed by atoms with Crippen molar-refractivity contribution < 1.29 is 23.0 Å². The SMILES string of the molecule is CCOC(=O)C(F)(F)Oc1cc(C)ccc1C(C)C. The molecule has 1 aromatic carbocycles. The molecule has 3 nitrogen and oxygen atoms in total. The van der Waals surface area contributed by atoms with E-state index in [0.717, 1.165) is 5.56 Å². The average molecular weight is 272 g/mol. The average Bonchev–Trinajstić information content (AvgIpc) is 2.28. The van der Waals surface area contributed by atoms with Gasteiger partial charge in [0.1, 0.15) is 5.75 Å². The van der Waals surface area contributed by atoms with E-state index in [2.05, 4.69) is 9.47 Å². The Kier molecular flexibility index (Phi) is 4.86. The van der Waals surface area contributed by atoms with Gasteiger partial charge in [0.2, 0.25) is 0 Å². The summed E-state index contributed by atoms with van der Waals surface area (Å²) in [5.41, 5.74) is 1.40. The number of esters is 1. The number of benzene rings is 1. The number of hydrogen-bond donors (Lipinski definition) is 0. The summed E-state index contributed by atoms with van der Waals surface area (Å²) in [6.45, 7) is 6.82. The van der Waals surface area contributed by atoms with Crippen molar-refractivity contribution in [3.63, 3.8) is 0 Å². The van der Waals surface area contributed by atoms with Crippen LogP contribution in [0.1, 0.15) is 37.8 Å². The molecule has 0 N–H and O–H groups in total. The van der Waals surface area contributed by atoms with Crippen LogP contribution in [0.3, 0.4) is 0 Å². The van der Waals surface area contributed by atoms with E-state index in [1.54, 1.807) is 13.0 Å². The molecule has 0 saturated carbocycles. The Morgan fingerprint density at radius 2 is 2.00 bits per heavy atom. The summed E-state index contributed by atoms with van der Waals surface area (Å²) in [6.07, 6.45) is -3.98. The van der Waals surface area contributed by atoms with Gasteiger partial charge in [0.25, 0.3) is 0 Å². The summed E-state index contributed by atoms with van der Waals surface area (Å²) in [6, 6.07) is 5.02. The van der Waals surface area contributed by atoms with Gasteiger partial charge in [-0.2, -0.15) is 8.78 Å². The highest BCUT2D eigenvalue weighted by molar-refractivity contribution is 5.76. The van der Waals surface area contributed by atoms with Gasteiger partial charge >= 0.3 is 12.1 Å². The van der Waals surface area contributed by atoms with Gasteiger partial charge < -0.3 is 9.47 Å². The summed E-state index contributed by atoms with van der Waals surface area (Å²) in [5.74, 6) is -1.66. The lowest BCUT2D eigenvalue weighted by molar-refractivity contribution is -0.216. The molecule has 106 valence electrons. The molecule has 0 aliphatic carbocycles. The Bertz CT molecular complexity index is 456. The van der Waals surface area contributed by atoms with Crippen LogP contribution in [0.25, 0.3) is 0 Å². The number of halogens is 2. The number of carbonyl (C=O) groups excluding carboxylic acids is 1. The third kappa shape index (κ3) is 3.91. The van der Waals surface area contributed by atoms with Gasteiger partial charge in [-0.1, -0.05) is 26.0 Å². The van der Waals surface area contributed by atoms with Gasteiger partial charge in [-0.05, 0) is 37.0 Å². The molecule has 0 atom stereocenters. The molecule has 0 aromatic heterocycles. The lowest BCUT2D eigenvalue weighted by Gasteiger charge is -2.20. The first kappa shape index (κ1) is 15.4. The van der Waals surface area contributed by atoms with Crippen LogP contribution in [-0.4, -0.2) is 18.7 Å². The van der Waals surface area contributed by atoms with Gasteiger partial charge in [-0.15, -0.1) is 0 Å². The summed E-state index contributed by atoms with van der Waals surface area (Å²) in [5, 5.41) is 0. The van der Waals surface area contributed by atoms with Crippen LogP contribution in [0.2, 0.25) is 0 Å². The summed E-state index contributed by atoms with van der Waals surface area (Å²) < 4.78 is 36.0. The predicted molar refractivity (Wildman–Crippen MR) is 67.5 cm³/mol. The molecular formula is C14H18F2O3. The van der Waals surface area contributed by atoms with E-state index in [9.17, 15) is 13.6 Å². The summed E-state index contributed by atoms with van der Waals surface area (Å²) in [4.78, 5) is 11.1. The minimum atomic E-state index is -3.98. The van der Waals surface area contributed by atoms with Crippen molar-refractivity contribution in [3.8, 4) is 5.75 Å². The van der Waals surface area contributed by atoms with Crippen molar-refractivity contribution in [2.45, 2.75) is 39.7 Å². The minimum absolute atomic E-state index is 0.00746. The van der Waals surface area contributed by atoms with Gasteiger partial charge in [0.15, 0.2) is 0 Å². The Balaban J connectivity index is 3.04. The van der Waals surface area contributed by atoms with Gasteiger partial charge in [-0.25, -0.2) is 4.79 Å². The molecule has 5 heteroatoms. The van der Waals surface area contributed by atoms with Crippen LogP contribution in [0.15, 0.2) is 18.2 Å². The van der Waals surface area contributed by atoms with Crippen LogP contribution in [-0.2, 0) is 9.53 Å². The molecule has 0 spiro atoms. The third-order valence-corrected chi connectivity index (χ3v) is 2.54. The van der Waals surface area contributed by atoms with E-state index < -0.39 is 12.1 Å². The third-order valence-electron chi connectivity index (χ3n) is 2.54. The fourth-order valence-corrected chi connectivity index (χ4v) is 1.60. The molecule has 0 aliphatic heterocycles. The second-order valence-corrected chi connectivity index (χ2v) is 4.54. The van der Waals surface area contributed by atoms with Crippen molar-refractivity contribution in [2.24, 2.45) is 0 Å². The van der Waals surface area contributed by atoms with Crippen LogP contribution in [0.4, 0.5) is 8.78 Å². The maximum atomic E-state index is 13.6. The Morgan fingerprint density at radius 1 is 1.37 bits per heavy atom. The highest BCUT2D eigenvalue weighted by atomic mass is 19.3. The van der Waals surface area contributed by atoms with Crippen molar-refractivity contribution in [1.82, 2.24) is 0 Å². The topological polar surface area (TPSA) is 35.5 Å². The second-order valence-electron chi connectivity index (χ2n) is 4.54. The van der Waals surface area contributed by atoms with Crippen molar-refractivity contribution in [3.05, 3.63) is 29.3 Å². The molecular weight excluding hydrogens is 254 g/mol. The first-order valence-corrected chi connectivity index (χ1v) is 6.12. The molecule has 19 heavy (non-hydrogen) atoms. The lowest BCUT2D eigenvalue weighted by atomic mass is 10.0. The quantitative estimate of drug-likeness (QED) is 0.767. The van der Waals surface area contributed by atoms with Crippen LogP contribution < -0.4 is 4.74 Å². The van der Waals surface area contributed by atoms with Crippen LogP contribution in [0.5, 0.6) is 5.75 Å². The highest BCUT2D eigenvalue weighted by Crippen LogP contribution is 2.31. The molecule has 0 unspecified atom stereocenters. The first-order chi connectivity index (χ1) is 8.77. The van der Waals surface area contributed by atoms with Crippen molar-refractivity contribution in [2.75, 3.05) is 6.61 Å². The van der Waals surface area contributed by atoms with E-state index in [1.807, 2.05) is 19.9 Å². The molecule has 0 bridgehead atoms. The zero-order valence-electron chi connectivity index (χ0n) is 11.5. The Hall–Kier alpha value is -1.65. The van der Waals surface area contributed by atoms with Crippen molar-refractivity contribution in [1.29, 1.82) is 0 Å². The zero-order valence-corrected chi connectivity index (χ0v) is 11.5. The number of carbonyl (C=O) groups is 1. The van der Waals surface area contributed by atoms with E-state index >= 15 is 0 Å². The molecule has 0 heterocycles. The van der Waals surface area contributed by atoms with Crippen LogP contribution in [0, 0.1) is 6.92 Å². The molecule has 1 rings (SSSR count). The number of alkyl halides is 2. The Labute approximate surface area is 111 Å². The number of hydrogen-bond acceptors (Lipinski definition) is 3. The van der Waals surface area contributed by atoms with E-state index in [4.69, 9.17) is 0 Å². The monoisotopic (exact) mass is 272 g/mol. The van der Waals surface area contributed by atoms with Gasteiger partial charge in [0.05, 0.1) is 6.61 Å². The molecule has 0 aliphatic rings. The van der Waals surface area contributed by atoms with E-state index in [-0.39, 0.29) is 18.3 Å². The fourth-order valence-electron chi connectivity index (χ4n) is 1.60. The largest absolute Gasteiger partial charge is 0.502 e. The standard InChI is InChI=1S/C14H18F2O3/c1-5-18-13(17)14(15,16)19-12-8-10(4)6-7-11(12)9(2)3/h6-9H,5H2,1-4H3. The maximum Gasteiger partial charge on any atom is 0.502 e. The lowest BCUT2D eigenvalue weighted by Crippen LogP contribution is -2.37. The zero-order chi connectivity index (χ0) is 14.6. The summed E-state index contributed by atoms with van der Waals surface area (Å²) in [7, 11) is 0. The van der Waals surface area contributed by atoms with E-state index in [0.29, 0.717) is 5.56 Å². The first-order valence-electron chi connectivity index (χ1n) is 6.12. The normalized spacial score (nSPS) is 11.5. The van der Waals surface area contributed by atoms with Gasteiger partial charge in [0, 0.05) is 0 Å². The number of rotatable bonds is 5.